The quantitative estimate of drug-likeness (QED) is 0.795. The van der Waals surface area contributed by atoms with E-state index in [-0.39, 0.29) is 0 Å². The van der Waals surface area contributed by atoms with Gasteiger partial charge in [-0.15, -0.1) is 0 Å². The van der Waals surface area contributed by atoms with E-state index in [0.717, 1.165) is 11.7 Å². The van der Waals surface area contributed by atoms with Crippen molar-refractivity contribution < 1.29 is 0 Å². The summed E-state index contributed by atoms with van der Waals surface area (Å²) in [6.07, 6.45) is 2.80. The molecule has 1 unspecified atom stereocenters. The Bertz CT molecular complexity index is 333. The number of benzene rings is 1. The molecule has 1 saturated carbocycles. The Morgan fingerprint density at radius 3 is 2.94 bits per heavy atom. The van der Waals surface area contributed by atoms with Crippen LogP contribution in [0, 0.1) is 5.92 Å². The molecule has 1 aliphatic carbocycles. The first-order chi connectivity index (χ1) is 7.79. The van der Waals surface area contributed by atoms with Crippen molar-refractivity contribution in [1.82, 2.24) is 0 Å². The zero-order valence-electron chi connectivity index (χ0n) is 10.2. The minimum absolute atomic E-state index is 0.633. The molecule has 1 N–H and O–H groups in total. The lowest BCUT2D eigenvalue weighted by Gasteiger charge is -2.15. The lowest BCUT2D eigenvalue weighted by molar-refractivity contribution is 0.694. The van der Waals surface area contributed by atoms with Gasteiger partial charge in [-0.3, -0.25) is 0 Å². The number of thioether (sulfide) groups is 1. The van der Waals surface area contributed by atoms with Crippen LogP contribution in [0.3, 0.4) is 0 Å². The lowest BCUT2D eigenvalue weighted by atomic mass is 10.1. The first-order valence-electron chi connectivity index (χ1n) is 6.23. The molecule has 1 aromatic rings. The van der Waals surface area contributed by atoms with E-state index in [1.54, 1.807) is 0 Å². The maximum atomic E-state index is 3.61. The van der Waals surface area contributed by atoms with E-state index in [1.165, 1.54) is 29.8 Å². The molecule has 0 amide bonds. The average molecular weight is 235 g/mol. The molecule has 0 saturated heterocycles. The van der Waals surface area contributed by atoms with Crippen molar-refractivity contribution in [2.24, 2.45) is 5.92 Å². The monoisotopic (exact) mass is 235 g/mol. The molecule has 0 heterocycles. The van der Waals surface area contributed by atoms with Gasteiger partial charge in [0.1, 0.15) is 0 Å². The van der Waals surface area contributed by atoms with Crippen molar-refractivity contribution in [1.29, 1.82) is 0 Å². The van der Waals surface area contributed by atoms with Crippen molar-refractivity contribution in [3.63, 3.8) is 0 Å². The standard InChI is InChI=1S/C14H21NS/c1-3-16-10-12-5-4-6-14(9-12)15-11(2)13-7-8-13/h4-6,9,11,13,15H,3,7-8,10H2,1-2H3. The predicted octanol–water partition coefficient (Wildman–Crippen LogP) is 4.15. The van der Waals surface area contributed by atoms with Gasteiger partial charge >= 0.3 is 0 Å². The molecular formula is C14H21NS. The Morgan fingerprint density at radius 1 is 1.44 bits per heavy atom. The summed E-state index contributed by atoms with van der Waals surface area (Å²) < 4.78 is 0. The van der Waals surface area contributed by atoms with Crippen LogP contribution >= 0.6 is 11.8 Å². The highest BCUT2D eigenvalue weighted by Crippen LogP contribution is 2.34. The summed E-state index contributed by atoms with van der Waals surface area (Å²) in [5.41, 5.74) is 2.72. The SMILES string of the molecule is CCSCc1cccc(NC(C)C2CC2)c1. The molecule has 0 aliphatic heterocycles. The van der Waals surface area contributed by atoms with E-state index >= 15 is 0 Å². The smallest absolute Gasteiger partial charge is 0.0345 e. The lowest BCUT2D eigenvalue weighted by Crippen LogP contribution is -2.17. The Labute approximate surface area is 103 Å². The highest BCUT2D eigenvalue weighted by molar-refractivity contribution is 7.98. The van der Waals surface area contributed by atoms with Gasteiger partial charge in [0.2, 0.25) is 0 Å². The first kappa shape index (κ1) is 11.8. The Hall–Kier alpha value is -0.630. The van der Waals surface area contributed by atoms with Gasteiger partial charge in [-0.05, 0) is 49.1 Å². The number of rotatable bonds is 6. The first-order valence-corrected chi connectivity index (χ1v) is 7.38. The van der Waals surface area contributed by atoms with Gasteiger partial charge in [-0.1, -0.05) is 19.1 Å². The van der Waals surface area contributed by atoms with Gasteiger partial charge < -0.3 is 5.32 Å². The molecule has 1 fully saturated rings. The topological polar surface area (TPSA) is 12.0 Å². The minimum Gasteiger partial charge on any atom is -0.382 e. The van der Waals surface area contributed by atoms with Crippen molar-refractivity contribution >= 4 is 17.4 Å². The van der Waals surface area contributed by atoms with Crippen LogP contribution in [0.15, 0.2) is 24.3 Å². The van der Waals surface area contributed by atoms with Gasteiger partial charge in [0, 0.05) is 17.5 Å². The summed E-state index contributed by atoms with van der Waals surface area (Å²) in [6, 6.07) is 9.48. The molecule has 2 heteroatoms. The fraction of sp³-hybridized carbons (Fsp3) is 0.571. The molecule has 88 valence electrons. The summed E-state index contributed by atoms with van der Waals surface area (Å²) in [5, 5.41) is 3.61. The summed E-state index contributed by atoms with van der Waals surface area (Å²) in [7, 11) is 0. The zero-order chi connectivity index (χ0) is 11.4. The van der Waals surface area contributed by atoms with E-state index in [2.05, 4.69) is 43.4 Å². The average Bonchev–Trinajstić information content (AvgIpc) is 3.10. The second-order valence-corrected chi connectivity index (χ2v) is 5.88. The van der Waals surface area contributed by atoms with E-state index in [4.69, 9.17) is 0 Å². The van der Waals surface area contributed by atoms with E-state index in [9.17, 15) is 0 Å². The molecule has 16 heavy (non-hydrogen) atoms. The fourth-order valence-electron chi connectivity index (χ4n) is 1.95. The third-order valence-corrected chi connectivity index (χ3v) is 4.07. The van der Waals surface area contributed by atoms with Crippen LogP contribution in [-0.4, -0.2) is 11.8 Å². The normalized spacial score (nSPS) is 17.1. The van der Waals surface area contributed by atoms with Crippen molar-refractivity contribution in [2.45, 2.75) is 38.5 Å². The fourth-order valence-corrected chi connectivity index (χ4v) is 2.57. The van der Waals surface area contributed by atoms with Crippen LogP contribution < -0.4 is 5.32 Å². The van der Waals surface area contributed by atoms with Crippen molar-refractivity contribution in [3.05, 3.63) is 29.8 Å². The van der Waals surface area contributed by atoms with E-state index < -0.39 is 0 Å². The summed E-state index contributed by atoms with van der Waals surface area (Å²) >= 11 is 1.98. The molecule has 1 atom stereocenters. The number of anilines is 1. The summed E-state index contributed by atoms with van der Waals surface area (Å²) in [4.78, 5) is 0. The Kier molecular flexibility index (Phi) is 4.16. The Morgan fingerprint density at radius 2 is 2.25 bits per heavy atom. The maximum Gasteiger partial charge on any atom is 0.0345 e. The summed E-state index contributed by atoms with van der Waals surface area (Å²) in [5.74, 6) is 3.23. The van der Waals surface area contributed by atoms with Crippen LogP contribution in [-0.2, 0) is 5.75 Å². The highest BCUT2D eigenvalue weighted by Gasteiger charge is 2.27. The van der Waals surface area contributed by atoms with Gasteiger partial charge in [0.05, 0.1) is 0 Å². The molecule has 0 aromatic heterocycles. The summed E-state index contributed by atoms with van der Waals surface area (Å²) in [6.45, 7) is 4.51. The third kappa shape index (κ3) is 3.44. The molecule has 0 radical (unpaired) electrons. The number of hydrogen-bond donors (Lipinski definition) is 1. The molecular weight excluding hydrogens is 214 g/mol. The number of nitrogens with one attached hydrogen (secondary N) is 1. The molecule has 1 nitrogen and oxygen atoms in total. The highest BCUT2D eigenvalue weighted by atomic mass is 32.2. The second kappa shape index (κ2) is 5.62. The van der Waals surface area contributed by atoms with E-state index in [0.29, 0.717) is 6.04 Å². The van der Waals surface area contributed by atoms with Crippen LogP contribution in [0.4, 0.5) is 5.69 Å². The molecule has 0 spiro atoms. The van der Waals surface area contributed by atoms with Gasteiger partial charge in [-0.2, -0.15) is 11.8 Å². The van der Waals surface area contributed by atoms with Crippen LogP contribution in [0.2, 0.25) is 0 Å². The third-order valence-electron chi connectivity index (χ3n) is 3.12. The zero-order valence-corrected chi connectivity index (χ0v) is 11.0. The van der Waals surface area contributed by atoms with Crippen LogP contribution in [0.5, 0.6) is 0 Å². The van der Waals surface area contributed by atoms with Crippen LogP contribution in [0.25, 0.3) is 0 Å². The van der Waals surface area contributed by atoms with Crippen LogP contribution in [0.1, 0.15) is 32.3 Å². The second-order valence-electron chi connectivity index (χ2n) is 4.61. The molecule has 1 aliphatic rings. The predicted molar refractivity (Wildman–Crippen MR) is 74.1 cm³/mol. The van der Waals surface area contributed by atoms with Gasteiger partial charge in [-0.25, -0.2) is 0 Å². The molecule has 2 rings (SSSR count). The molecule has 1 aromatic carbocycles. The van der Waals surface area contributed by atoms with Crippen molar-refractivity contribution in [2.75, 3.05) is 11.1 Å². The largest absolute Gasteiger partial charge is 0.382 e. The minimum atomic E-state index is 0.633. The maximum absolute atomic E-state index is 3.61. The van der Waals surface area contributed by atoms with Gasteiger partial charge in [0.25, 0.3) is 0 Å². The van der Waals surface area contributed by atoms with Crippen molar-refractivity contribution in [3.8, 4) is 0 Å². The Balaban J connectivity index is 1.92. The van der Waals surface area contributed by atoms with E-state index in [1.807, 2.05) is 11.8 Å². The molecule has 0 bridgehead atoms. The number of hydrogen-bond acceptors (Lipinski definition) is 2. The van der Waals surface area contributed by atoms with Gasteiger partial charge in [0.15, 0.2) is 0 Å².